The standard InChI is InChI=1S/C49H31N3/c1-2-12-32(13-3-1)37-16-11-18-39(31-37)49-51-45-23-9-7-21-42(45)47(52-49)35-26-24-33(25-27-35)36-15-10-17-38(30-36)48-43-29-28-34-14-4-5-19-40(34)46(43)41-20-6-8-22-44(41)50-48/h1-31H. The summed E-state index contributed by atoms with van der Waals surface area (Å²) in [6.45, 7) is 0. The molecule has 2 aromatic heterocycles. The van der Waals surface area contributed by atoms with Crippen LogP contribution >= 0.6 is 0 Å². The number of rotatable bonds is 5. The summed E-state index contributed by atoms with van der Waals surface area (Å²) in [4.78, 5) is 15.4. The number of hydrogen-bond donors (Lipinski definition) is 0. The monoisotopic (exact) mass is 661 g/mol. The van der Waals surface area contributed by atoms with Crippen LogP contribution in [0.4, 0.5) is 0 Å². The van der Waals surface area contributed by atoms with E-state index < -0.39 is 0 Å². The lowest BCUT2D eigenvalue weighted by Gasteiger charge is -2.14. The number of pyridine rings is 1. The largest absolute Gasteiger partial charge is 0.247 e. The Labute approximate surface area is 301 Å². The highest BCUT2D eigenvalue weighted by Crippen LogP contribution is 2.38. The van der Waals surface area contributed by atoms with Crippen molar-refractivity contribution in [2.24, 2.45) is 0 Å². The van der Waals surface area contributed by atoms with E-state index in [-0.39, 0.29) is 0 Å². The van der Waals surface area contributed by atoms with Gasteiger partial charge in [-0.05, 0) is 57.3 Å². The van der Waals surface area contributed by atoms with E-state index >= 15 is 0 Å². The second-order valence-corrected chi connectivity index (χ2v) is 13.2. The Morgan fingerprint density at radius 3 is 1.60 bits per heavy atom. The Hall–Kier alpha value is -6.97. The molecule has 0 aliphatic rings. The molecule has 0 saturated heterocycles. The molecule has 0 fully saturated rings. The lowest BCUT2D eigenvalue weighted by molar-refractivity contribution is 1.23. The Kier molecular flexibility index (Phi) is 7.14. The van der Waals surface area contributed by atoms with Gasteiger partial charge in [0, 0.05) is 38.2 Å². The van der Waals surface area contributed by atoms with Crippen LogP contribution in [0.15, 0.2) is 188 Å². The highest BCUT2D eigenvalue weighted by Gasteiger charge is 2.15. The zero-order valence-electron chi connectivity index (χ0n) is 28.2. The van der Waals surface area contributed by atoms with Crippen LogP contribution in [0.2, 0.25) is 0 Å². The maximum Gasteiger partial charge on any atom is 0.160 e. The molecule has 0 saturated carbocycles. The zero-order chi connectivity index (χ0) is 34.4. The number of para-hydroxylation sites is 2. The highest BCUT2D eigenvalue weighted by molar-refractivity contribution is 6.22. The average molecular weight is 662 g/mol. The van der Waals surface area contributed by atoms with E-state index in [4.69, 9.17) is 15.0 Å². The number of hydrogen-bond acceptors (Lipinski definition) is 3. The van der Waals surface area contributed by atoms with E-state index in [0.717, 1.165) is 66.6 Å². The molecule has 3 nitrogen and oxygen atoms in total. The number of benzene rings is 8. The van der Waals surface area contributed by atoms with E-state index in [1.54, 1.807) is 0 Å². The summed E-state index contributed by atoms with van der Waals surface area (Å²) in [7, 11) is 0. The Morgan fingerprint density at radius 2 is 0.808 bits per heavy atom. The summed E-state index contributed by atoms with van der Waals surface area (Å²) < 4.78 is 0. The summed E-state index contributed by atoms with van der Waals surface area (Å²) in [5, 5.41) is 7.09. The first kappa shape index (κ1) is 29.9. The van der Waals surface area contributed by atoms with Crippen LogP contribution in [0.5, 0.6) is 0 Å². The molecule has 52 heavy (non-hydrogen) atoms. The SMILES string of the molecule is c1ccc(-c2cccc(-c3nc(-c4ccc(-c5cccc(-c6nc7ccccc7c7c6ccc6ccccc67)c5)cc4)c4ccccc4n3)c2)cc1. The van der Waals surface area contributed by atoms with Gasteiger partial charge in [0.25, 0.3) is 0 Å². The maximum absolute atomic E-state index is 5.24. The van der Waals surface area contributed by atoms with Gasteiger partial charge >= 0.3 is 0 Å². The summed E-state index contributed by atoms with van der Waals surface area (Å²) in [5.74, 6) is 0.714. The lowest BCUT2D eigenvalue weighted by atomic mass is 9.94. The van der Waals surface area contributed by atoms with Crippen LogP contribution in [0, 0.1) is 0 Å². The fourth-order valence-electron chi connectivity index (χ4n) is 7.50. The molecule has 0 bridgehead atoms. The molecular formula is C49H31N3. The van der Waals surface area contributed by atoms with Crippen LogP contribution < -0.4 is 0 Å². The van der Waals surface area contributed by atoms with Crippen molar-refractivity contribution >= 4 is 43.4 Å². The minimum Gasteiger partial charge on any atom is -0.247 e. The van der Waals surface area contributed by atoms with Gasteiger partial charge in [0.2, 0.25) is 0 Å². The summed E-state index contributed by atoms with van der Waals surface area (Å²) in [6.07, 6.45) is 0. The topological polar surface area (TPSA) is 38.7 Å². The third kappa shape index (κ3) is 5.19. The van der Waals surface area contributed by atoms with Crippen LogP contribution in [-0.2, 0) is 0 Å². The first-order chi connectivity index (χ1) is 25.8. The Balaban J connectivity index is 1.05. The molecule has 10 aromatic rings. The molecule has 0 spiro atoms. The van der Waals surface area contributed by atoms with Gasteiger partial charge in [-0.15, -0.1) is 0 Å². The van der Waals surface area contributed by atoms with Gasteiger partial charge in [-0.25, -0.2) is 15.0 Å². The maximum atomic E-state index is 5.24. The van der Waals surface area contributed by atoms with Crippen molar-refractivity contribution in [3.63, 3.8) is 0 Å². The van der Waals surface area contributed by atoms with E-state index in [1.807, 2.05) is 12.1 Å². The van der Waals surface area contributed by atoms with Gasteiger partial charge in [-0.3, -0.25) is 0 Å². The minimum absolute atomic E-state index is 0.714. The Bertz CT molecular complexity index is 2930. The van der Waals surface area contributed by atoms with Crippen molar-refractivity contribution in [3.05, 3.63) is 188 Å². The van der Waals surface area contributed by atoms with Crippen LogP contribution in [0.3, 0.4) is 0 Å². The van der Waals surface area contributed by atoms with E-state index in [9.17, 15) is 0 Å². The molecule has 0 aliphatic carbocycles. The minimum atomic E-state index is 0.714. The zero-order valence-corrected chi connectivity index (χ0v) is 28.2. The quantitative estimate of drug-likeness (QED) is 0.172. The predicted octanol–water partition coefficient (Wildman–Crippen LogP) is 12.8. The molecule has 8 aromatic carbocycles. The molecule has 0 unspecified atom stereocenters. The second-order valence-electron chi connectivity index (χ2n) is 13.2. The molecule has 0 aliphatic heterocycles. The van der Waals surface area contributed by atoms with Crippen LogP contribution in [0.25, 0.3) is 99.5 Å². The third-order valence-electron chi connectivity index (χ3n) is 10.0. The summed E-state index contributed by atoms with van der Waals surface area (Å²) >= 11 is 0. The molecule has 3 heteroatoms. The molecule has 0 amide bonds. The number of fused-ring (bicyclic) bond motifs is 6. The van der Waals surface area contributed by atoms with Crippen molar-refractivity contribution in [3.8, 4) is 56.2 Å². The van der Waals surface area contributed by atoms with E-state index in [1.165, 1.54) is 27.1 Å². The van der Waals surface area contributed by atoms with E-state index in [0.29, 0.717) is 5.82 Å². The lowest BCUT2D eigenvalue weighted by Crippen LogP contribution is -1.95. The average Bonchev–Trinajstić information content (AvgIpc) is 3.23. The van der Waals surface area contributed by atoms with E-state index in [2.05, 4.69) is 176 Å². The molecule has 0 N–H and O–H groups in total. The van der Waals surface area contributed by atoms with Crippen molar-refractivity contribution in [2.45, 2.75) is 0 Å². The Morgan fingerprint density at radius 1 is 0.269 bits per heavy atom. The first-order valence-corrected chi connectivity index (χ1v) is 17.6. The molecule has 10 rings (SSSR count). The highest BCUT2D eigenvalue weighted by atomic mass is 14.9. The molecule has 0 radical (unpaired) electrons. The fourth-order valence-corrected chi connectivity index (χ4v) is 7.50. The van der Waals surface area contributed by atoms with Gasteiger partial charge in [-0.1, -0.05) is 164 Å². The molecule has 242 valence electrons. The molecule has 0 atom stereocenters. The van der Waals surface area contributed by atoms with Gasteiger partial charge in [0.1, 0.15) is 0 Å². The first-order valence-electron chi connectivity index (χ1n) is 17.6. The normalized spacial score (nSPS) is 11.5. The number of nitrogens with zero attached hydrogens (tertiary/aromatic N) is 3. The van der Waals surface area contributed by atoms with Gasteiger partial charge in [-0.2, -0.15) is 0 Å². The van der Waals surface area contributed by atoms with Crippen molar-refractivity contribution in [1.29, 1.82) is 0 Å². The van der Waals surface area contributed by atoms with Crippen LogP contribution in [-0.4, -0.2) is 15.0 Å². The summed E-state index contributed by atoms with van der Waals surface area (Å²) in [6, 6.07) is 66.2. The van der Waals surface area contributed by atoms with Gasteiger partial charge < -0.3 is 0 Å². The second kappa shape index (κ2) is 12.4. The predicted molar refractivity (Wildman–Crippen MR) is 217 cm³/mol. The third-order valence-corrected chi connectivity index (χ3v) is 10.0. The van der Waals surface area contributed by atoms with Crippen molar-refractivity contribution in [2.75, 3.05) is 0 Å². The van der Waals surface area contributed by atoms with Gasteiger partial charge in [0.05, 0.1) is 22.4 Å². The van der Waals surface area contributed by atoms with Crippen LogP contribution in [0.1, 0.15) is 0 Å². The smallest absolute Gasteiger partial charge is 0.160 e. The molecular weight excluding hydrogens is 631 g/mol. The van der Waals surface area contributed by atoms with Crippen molar-refractivity contribution in [1.82, 2.24) is 15.0 Å². The number of aromatic nitrogens is 3. The van der Waals surface area contributed by atoms with Gasteiger partial charge in [0.15, 0.2) is 5.82 Å². The molecule has 2 heterocycles. The fraction of sp³-hybridized carbons (Fsp3) is 0. The van der Waals surface area contributed by atoms with Crippen molar-refractivity contribution < 1.29 is 0 Å². The summed E-state index contributed by atoms with van der Waals surface area (Å²) in [5.41, 5.74) is 11.6.